The fourth-order valence-corrected chi connectivity index (χ4v) is 2.79. The fourth-order valence-electron chi connectivity index (χ4n) is 2.48. The van der Waals surface area contributed by atoms with Gasteiger partial charge in [0.05, 0.1) is 17.8 Å². The molecule has 0 amide bonds. The molecule has 0 saturated heterocycles. The second-order valence-electron chi connectivity index (χ2n) is 5.22. The summed E-state index contributed by atoms with van der Waals surface area (Å²) in [4.78, 5) is 28.4. The molecule has 0 aliphatic heterocycles. The first-order valence-electron chi connectivity index (χ1n) is 7.22. The van der Waals surface area contributed by atoms with Gasteiger partial charge < -0.3 is 4.74 Å². The molecule has 3 rings (SSSR count). The number of methoxy groups -OCH3 is 1. The van der Waals surface area contributed by atoms with Crippen LogP contribution >= 0.6 is 11.6 Å². The number of carbonyl (C=O) groups excluding carboxylic acids is 1. The topological polar surface area (TPSA) is 61.2 Å². The lowest BCUT2D eigenvalue weighted by Crippen LogP contribution is -2.28. The summed E-state index contributed by atoms with van der Waals surface area (Å²) in [5.74, 6) is -0.994. The number of alkyl halides is 3. The van der Waals surface area contributed by atoms with E-state index in [1.54, 1.807) is 18.2 Å². The Balaban J connectivity index is 2.51. The molecule has 0 fully saturated rings. The Morgan fingerprint density at radius 3 is 2.38 bits per heavy atom. The second kappa shape index (κ2) is 6.45. The van der Waals surface area contributed by atoms with Crippen LogP contribution in [0.25, 0.3) is 16.7 Å². The highest BCUT2D eigenvalue weighted by Crippen LogP contribution is 2.32. The number of aromatic nitrogens is 2. The van der Waals surface area contributed by atoms with Crippen molar-refractivity contribution < 1.29 is 22.7 Å². The van der Waals surface area contributed by atoms with E-state index < -0.39 is 29.0 Å². The van der Waals surface area contributed by atoms with E-state index in [0.29, 0.717) is 0 Å². The van der Waals surface area contributed by atoms with Gasteiger partial charge in [0.25, 0.3) is 5.56 Å². The van der Waals surface area contributed by atoms with Crippen molar-refractivity contribution in [1.82, 2.24) is 9.55 Å². The first-order chi connectivity index (χ1) is 12.3. The summed E-state index contributed by atoms with van der Waals surface area (Å²) in [6.45, 7) is 0. The highest BCUT2D eigenvalue weighted by molar-refractivity contribution is 6.38. The van der Waals surface area contributed by atoms with Gasteiger partial charge in [0.2, 0.25) is 0 Å². The molecular formula is C17H10ClF3N2O3. The minimum Gasteiger partial charge on any atom is -0.465 e. The molecule has 0 atom stereocenters. The van der Waals surface area contributed by atoms with E-state index in [2.05, 4.69) is 9.72 Å². The van der Waals surface area contributed by atoms with E-state index in [1.807, 2.05) is 0 Å². The molecule has 26 heavy (non-hydrogen) atoms. The van der Waals surface area contributed by atoms with Gasteiger partial charge in [0.15, 0.2) is 0 Å². The number of esters is 1. The van der Waals surface area contributed by atoms with Crippen molar-refractivity contribution in [3.8, 4) is 5.69 Å². The number of nitrogens with zero attached hydrogens (tertiary/aromatic N) is 2. The van der Waals surface area contributed by atoms with Crippen molar-refractivity contribution >= 4 is 28.6 Å². The van der Waals surface area contributed by atoms with Crippen molar-refractivity contribution in [3.63, 3.8) is 0 Å². The van der Waals surface area contributed by atoms with Crippen LogP contribution in [0.1, 0.15) is 16.1 Å². The zero-order valence-electron chi connectivity index (χ0n) is 13.2. The van der Waals surface area contributed by atoms with E-state index >= 15 is 0 Å². The minimum atomic E-state index is -4.71. The van der Waals surface area contributed by atoms with Crippen LogP contribution in [0.5, 0.6) is 0 Å². The maximum Gasteiger partial charge on any atom is 0.433 e. The third-order valence-corrected chi connectivity index (χ3v) is 4.05. The summed E-state index contributed by atoms with van der Waals surface area (Å²) < 4.78 is 44.7. The molecule has 3 aromatic rings. The van der Waals surface area contributed by atoms with Crippen molar-refractivity contribution in [1.29, 1.82) is 0 Å². The Morgan fingerprint density at radius 1 is 1.15 bits per heavy atom. The third kappa shape index (κ3) is 2.92. The van der Waals surface area contributed by atoms with Gasteiger partial charge in [-0.1, -0.05) is 29.8 Å². The van der Waals surface area contributed by atoms with Crippen LogP contribution in [0.4, 0.5) is 13.2 Å². The quantitative estimate of drug-likeness (QED) is 0.632. The number of carbonyl (C=O) groups is 1. The molecule has 0 spiro atoms. The number of para-hydroxylation sites is 1. The van der Waals surface area contributed by atoms with Crippen LogP contribution in [-0.2, 0) is 10.9 Å². The number of benzene rings is 1. The summed E-state index contributed by atoms with van der Waals surface area (Å²) in [6, 6.07) is 9.65. The third-order valence-electron chi connectivity index (χ3n) is 3.65. The number of hydrogen-bond donors (Lipinski definition) is 0. The van der Waals surface area contributed by atoms with E-state index in [1.165, 1.54) is 12.1 Å². The Bertz CT molecular complexity index is 1060. The number of rotatable bonds is 2. The fraction of sp³-hybridized carbons (Fsp3) is 0.118. The molecule has 0 radical (unpaired) electrons. The lowest BCUT2D eigenvalue weighted by molar-refractivity contribution is -0.141. The first kappa shape index (κ1) is 17.9. The smallest absolute Gasteiger partial charge is 0.433 e. The van der Waals surface area contributed by atoms with E-state index in [0.717, 1.165) is 23.8 Å². The standard InChI is InChI=1S/C17H10ClF3N2O3/c1-26-16(25)12-13(18)10-7-8-11(17(19,20)21)22-14(10)23(15(12)24)9-5-3-2-4-6-9/h2-8H,1H3. The molecule has 0 aliphatic rings. The summed E-state index contributed by atoms with van der Waals surface area (Å²) in [6.07, 6.45) is -4.71. The van der Waals surface area contributed by atoms with E-state index in [-0.39, 0.29) is 21.7 Å². The summed E-state index contributed by atoms with van der Waals surface area (Å²) in [5, 5.41) is -0.297. The Hall–Kier alpha value is -2.87. The van der Waals surface area contributed by atoms with Crippen molar-refractivity contribution in [2.75, 3.05) is 7.11 Å². The number of fused-ring (bicyclic) bond motifs is 1. The van der Waals surface area contributed by atoms with Crippen LogP contribution in [0.3, 0.4) is 0 Å². The molecule has 0 N–H and O–H groups in total. The lowest BCUT2D eigenvalue weighted by atomic mass is 10.1. The molecule has 0 saturated carbocycles. The van der Waals surface area contributed by atoms with Gasteiger partial charge >= 0.3 is 12.1 Å². The van der Waals surface area contributed by atoms with E-state index in [9.17, 15) is 22.8 Å². The van der Waals surface area contributed by atoms with Gasteiger partial charge in [-0.15, -0.1) is 0 Å². The maximum absolute atomic E-state index is 13.1. The number of ether oxygens (including phenoxy) is 1. The molecule has 0 unspecified atom stereocenters. The molecule has 0 aliphatic carbocycles. The van der Waals surface area contributed by atoms with Crippen LogP contribution in [-0.4, -0.2) is 22.6 Å². The summed E-state index contributed by atoms with van der Waals surface area (Å²) in [7, 11) is 1.07. The normalized spacial score (nSPS) is 11.6. The van der Waals surface area contributed by atoms with Gasteiger partial charge in [0.1, 0.15) is 16.9 Å². The molecule has 1 aromatic carbocycles. The zero-order chi connectivity index (χ0) is 19.1. The molecule has 5 nitrogen and oxygen atoms in total. The highest BCUT2D eigenvalue weighted by atomic mass is 35.5. The monoisotopic (exact) mass is 382 g/mol. The minimum absolute atomic E-state index is 0.0171. The predicted molar refractivity (Wildman–Crippen MR) is 88.7 cm³/mol. The molecule has 134 valence electrons. The second-order valence-corrected chi connectivity index (χ2v) is 5.60. The van der Waals surface area contributed by atoms with Gasteiger partial charge in [-0.2, -0.15) is 13.2 Å². The Kier molecular flexibility index (Phi) is 4.45. The Morgan fingerprint density at radius 2 is 1.81 bits per heavy atom. The molecule has 9 heteroatoms. The number of halogens is 4. The molecule has 2 heterocycles. The lowest BCUT2D eigenvalue weighted by Gasteiger charge is -2.15. The molecule has 0 bridgehead atoms. The van der Waals surface area contributed by atoms with Gasteiger partial charge in [-0.3, -0.25) is 9.36 Å². The van der Waals surface area contributed by atoms with Gasteiger partial charge in [0, 0.05) is 5.39 Å². The predicted octanol–water partition coefficient (Wildman–Crippen LogP) is 3.84. The largest absolute Gasteiger partial charge is 0.465 e. The van der Waals surface area contributed by atoms with Crippen LogP contribution in [0, 0.1) is 0 Å². The Labute approximate surface area is 149 Å². The highest BCUT2D eigenvalue weighted by Gasteiger charge is 2.34. The van der Waals surface area contributed by atoms with Crippen LogP contribution < -0.4 is 5.56 Å². The van der Waals surface area contributed by atoms with Crippen molar-refractivity contribution in [3.05, 3.63) is 69.1 Å². The van der Waals surface area contributed by atoms with E-state index in [4.69, 9.17) is 11.6 Å². The van der Waals surface area contributed by atoms with Crippen LogP contribution in [0.2, 0.25) is 5.02 Å². The zero-order valence-corrected chi connectivity index (χ0v) is 13.9. The summed E-state index contributed by atoms with van der Waals surface area (Å²) >= 11 is 6.11. The van der Waals surface area contributed by atoms with Gasteiger partial charge in [-0.25, -0.2) is 9.78 Å². The van der Waals surface area contributed by atoms with Crippen LogP contribution in [0.15, 0.2) is 47.3 Å². The van der Waals surface area contributed by atoms with Crippen molar-refractivity contribution in [2.24, 2.45) is 0 Å². The average Bonchev–Trinajstić information content (AvgIpc) is 2.61. The summed E-state index contributed by atoms with van der Waals surface area (Å²) in [5.41, 5.74) is -2.67. The molecular weight excluding hydrogens is 373 g/mol. The first-order valence-corrected chi connectivity index (χ1v) is 7.59. The molecule has 2 aromatic heterocycles. The number of hydrogen-bond acceptors (Lipinski definition) is 4. The number of pyridine rings is 2. The SMILES string of the molecule is COC(=O)c1c(Cl)c2ccc(C(F)(F)F)nc2n(-c2ccccc2)c1=O. The average molecular weight is 383 g/mol. The maximum atomic E-state index is 13.1. The van der Waals surface area contributed by atoms with Crippen molar-refractivity contribution in [2.45, 2.75) is 6.18 Å². The van der Waals surface area contributed by atoms with Gasteiger partial charge in [-0.05, 0) is 24.3 Å².